The van der Waals surface area contributed by atoms with Gasteiger partial charge in [0.25, 0.3) is 0 Å². The number of hydrogen-bond donors (Lipinski definition) is 1. The molecule has 1 aromatic heterocycles. The molecule has 0 saturated carbocycles. The highest BCUT2D eigenvalue weighted by Gasteiger charge is 2.05. The van der Waals surface area contributed by atoms with Crippen LogP contribution in [0.4, 0.5) is 5.82 Å². The molecule has 1 N–H and O–H groups in total. The minimum atomic E-state index is -0.236. The quantitative estimate of drug-likeness (QED) is 0.830. The SMILES string of the molecule is CCOc1ccc(/C=C/C(=O)Nc2ncccc2C)cc1OC. The second kappa shape index (κ2) is 7.98. The molecule has 23 heavy (non-hydrogen) atoms. The van der Waals surface area contributed by atoms with Crippen LogP contribution in [0.25, 0.3) is 6.08 Å². The average Bonchev–Trinajstić information content (AvgIpc) is 2.56. The summed E-state index contributed by atoms with van der Waals surface area (Å²) in [6.45, 7) is 4.37. The summed E-state index contributed by atoms with van der Waals surface area (Å²) in [6, 6.07) is 9.23. The number of benzene rings is 1. The lowest BCUT2D eigenvalue weighted by Gasteiger charge is -2.09. The van der Waals surface area contributed by atoms with Crippen LogP contribution >= 0.6 is 0 Å². The molecule has 1 aromatic carbocycles. The molecule has 0 unspecified atom stereocenters. The number of carbonyl (C=O) groups excluding carboxylic acids is 1. The predicted molar refractivity (Wildman–Crippen MR) is 90.8 cm³/mol. The van der Waals surface area contributed by atoms with Gasteiger partial charge in [0, 0.05) is 12.3 Å². The van der Waals surface area contributed by atoms with Gasteiger partial charge >= 0.3 is 0 Å². The van der Waals surface area contributed by atoms with Crippen LogP contribution in [-0.2, 0) is 4.79 Å². The minimum absolute atomic E-state index is 0.236. The molecule has 0 aliphatic heterocycles. The first kappa shape index (κ1) is 16.5. The predicted octanol–water partition coefficient (Wildman–Crippen LogP) is 3.45. The zero-order chi connectivity index (χ0) is 16.7. The normalized spacial score (nSPS) is 10.6. The number of aryl methyl sites for hydroxylation is 1. The van der Waals surface area contributed by atoms with Crippen molar-refractivity contribution < 1.29 is 14.3 Å². The van der Waals surface area contributed by atoms with E-state index >= 15 is 0 Å². The van der Waals surface area contributed by atoms with E-state index in [2.05, 4.69) is 10.3 Å². The van der Waals surface area contributed by atoms with E-state index in [1.54, 1.807) is 19.4 Å². The van der Waals surface area contributed by atoms with E-state index < -0.39 is 0 Å². The fourth-order valence-corrected chi connectivity index (χ4v) is 2.01. The Hall–Kier alpha value is -2.82. The number of methoxy groups -OCH3 is 1. The first-order valence-electron chi connectivity index (χ1n) is 7.35. The summed E-state index contributed by atoms with van der Waals surface area (Å²) in [5.41, 5.74) is 1.76. The van der Waals surface area contributed by atoms with Crippen LogP contribution in [-0.4, -0.2) is 24.6 Å². The second-order valence-corrected chi connectivity index (χ2v) is 4.83. The van der Waals surface area contributed by atoms with Crippen molar-refractivity contribution in [3.8, 4) is 11.5 Å². The second-order valence-electron chi connectivity index (χ2n) is 4.83. The standard InChI is InChI=1S/C18H20N2O3/c1-4-23-15-9-7-14(12-16(15)22-3)8-10-17(21)20-18-13(2)6-5-11-19-18/h5-12H,4H2,1-3H3,(H,19,20,21)/b10-8+. The van der Waals surface area contributed by atoms with Crippen molar-refractivity contribution >= 4 is 17.8 Å². The van der Waals surface area contributed by atoms with E-state index in [0.717, 1.165) is 11.1 Å². The van der Waals surface area contributed by atoms with Crippen molar-refractivity contribution in [2.75, 3.05) is 19.0 Å². The van der Waals surface area contributed by atoms with Crippen LogP contribution in [0.1, 0.15) is 18.1 Å². The van der Waals surface area contributed by atoms with Crippen LogP contribution in [0, 0.1) is 6.92 Å². The molecule has 0 fully saturated rings. The molecule has 0 radical (unpaired) electrons. The maximum atomic E-state index is 12.0. The van der Waals surface area contributed by atoms with Crippen molar-refractivity contribution in [1.82, 2.24) is 4.98 Å². The number of carbonyl (C=O) groups is 1. The van der Waals surface area contributed by atoms with Gasteiger partial charge in [0.05, 0.1) is 13.7 Å². The molecule has 0 aliphatic rings. The lowest BCUT2D eigenvalue weighted by atomic mass is 10.2. The lowest BCUT2D eigenvalue weighted by Crippen LogP contribution is -2.10. The number of amides is 1. The van der Waals surface area contributed by atoms with Crippen molar-refractivity contribution in [1.29, 1.82) is 0 Å². The minimum Gasteiger partial charge on any atom is -0.493 e. The Labute approximate surface area is 136 Å². The van der Waals surface area contributed by atoms with Gasteiger partial charge in [0.15, 0.2) is 11.5 Å². The zero-order valence-electron chi connectivity index (χ0n) is 13.5. The van der Waals surface area contributed by atoms with Gasteiger partial charge in [-0.25, -0.2) is 4.98 Å². The lowest BCUT2D eigenvalue weighted by molar-refractivity contribution is -0.111. The van der Waals surface area contributed by atoms with Crippen LogP contribution in [0.5, 0.6) is 11.5 Å². The van der Waals surface area contributed by atoms with Gasteiger partial charge in [-0.3, -0.25) is 4.79 Å². The van der Waals surface area contributed by atoms with Crippen LogP contribution in [0.2, 0.25) is 0 Å². The highest BCUT2D eigenvalue weighted by Crippen LogP contribution is 2.28. The molecule has 0 atom stereocenters. The number of anilines is 1. The van der Waals surface area contributed by atoms with E-state index in [-0.39, 0.29) is 5.91 Å². The molecule has 2 rings (SSSR count). The van der Waals surface area contributed by atoms with Gasteiger partial charge in [-0.1, -0.05) is 12.1 Å². The van der Waals surface area contributed by atoms with Gasteiger partial charge < -0.3 is 14.8 Å². The summed E-state index contributed by atoms with van der Waals surface area (Å²) in [6.07, 6.45) is 4.82. The third-order valence-electron chi connectivity index (χ3n) is 3.17. The fraction of sp³-hybridized carbons (Fsp3) is 0.222. The van der Waals surface area contributed by atoms with Gasteiger partial charge in [0.2, 0.25) is 5.91 Å². The molecule has 0 aliphatic carbocycles. The average molecular weight is 312 g/mol. The summed E-state index contributed by atoms with van der Waals surface area (Å²) in [7, 11) is 1.59. The Bertz CT molecular complexity index is 711. The third-order valence-corrected chi connectivity index (χ3v) is 3.17. The Morgan fingerprint density at radius 1 is 1.30 bits per heavy atom. The largest absolute Gasteiger partial charge is 0.493 e. The molecule has 5 nitrogen and oxygen atoms in total. The van der Waals surface area contributed by atoms with Crippen molar-refractivity contribution in [2.45, 2.75) is 13.8 Å². The molecule has 1 amide bonds. The monoisotopic (exact) mass is 312 g/mol. The number of rotatable bonds is 6. The van der Waals surface area contributed by atoms with E-state index in [1.165, 1.54) is 6.08 Å². The van der Waals surface area contributed by atoms with E-state index in [9.17, 15) is 4.79 Å². The third kappa shape index (κ3) is 4.57. The van der Waals surface area contributed by atoms with Crippen LogP contribution < -0.4 is 14.8 Å². The Balaban J connectivity index is 2.07. The molecule has 5 heteroatoms. The Morgan fingerprint density at radius 3 is 2.83 bits per heavy atom. The molecule has 0 spiro atoms. The molecule has 120 valence electrons. The van der Waals surface area contributed by atoms with Crippen molar-refractivity contribution in [2.24, 2.45) is 0 Å². The summed E-state index contributed by atoms with van der Waals surface area (Å²) in [5, 5.41) is 2.75. The van der Waals surface area contributed by atoms with Gasteiger partial charge in [-0.05, 0) is 49.2 Å². The Kier molecular flexibility index (Phi) is 5.74. The number of ether oxygens (including phenoxy) is 2. The summed E-state index contributed by atoms with van der Waals surface area (Å²) in [4.78, 5) is 16.1. The first-order chi connectivity index (χ1) is 11.1. The van der Waals surface area contributed by atoms with Crippen LogP contribution in [0.15, 0.2) is 42.6 Å². The van der Waals surface area contributed by atoms with E-state index in [1.807, 2.05) is 44.2 Å². The van der Waals surface area contributed by atoms with Crippen molar-refractivity contribution in [3.05, 3.63) is 53.7 Å². The summed E-state index contributed by atoms with van der Waals surface area (Å²) in [5.74, 6) is 1.64. The first-order valence-corrected chi connectivity index (χ1v) is 7.35. The molecule has 0 bridgehead atoms. The number of nitrogens with one attached hydrogen (secondary N) is 1. The smallest absolute Gasteiger partial charge is 0.249 e. The molecule has 1 heterocycles. The molecule has 0 saturated heterocycles. The van der Waals surface area contributed by atoms with Gasteiger partial charge in [0.1, 0.15) is 5.82 Å². The molecular weight excluding hydrogens is 292 g/mol. The molecule has 2 aromatic rings. The fourth-order valence-electron chi connectivity index (χ4n) is 2.01. The van der Waals surface area contributed by atoms with Crippen LogP contribution in [0.3, 0.4) is 0 Å². The topological polar surface area (TPSA) is 60.5 Å². The number of hydrogen-bond acceptors (Lipinski definition) is 4. The highest BCUT2D eigenvalue weighted by atomic mass is 16.5. The summed E-state index contributed by atoms with van der Waals surface area (Å²) >= 11 is 0. The molecular formula is C18H20N2O3. The van der Waals surface area contributed by atoms with Gasteiger partial charge in [-0.2, -0.15) is 0 Å². The summed E-state index contributed by atoms with van der Waals surface area (Å²) < 4.78 is 10.8. The Morgan fingerprint density at radius 2 is 2.13 bits per heavy atom. The van der Waals surface area contributed by atoms with Gasteiger partial charge in [-0.15, -0.1) is 0 Å². The van der Waals surface area contributed by atoms with E-state index in [0.29, 0.717) is 23.9 Å². The maximum Gasteiger partial charge on any atom is 0.249 e. The highest BCUT2D eigenvalue weighted by molar-refractivity contribution is 6.01. The maximum absolute atomic E-state index is 12.0. The zero-order valence-corrected chi connectivity index (χ0v) is 13.5. The number of pyridine rings is 1. The number of nitrogens with zero attached hydrogens (tertiary/aromatic N) is 1. The number of aromatic nitrogens is 1. The van der Waals surface area contributed by atoms with Crippen molar-refractivity contribution in [3.63, 3.8) is 0 Å². The van der Waals surface area contributed by atoms with E-state index in [4.69, 9.17) is 9.47 Å².